The molecule has 28 heavy (non-hydrogen) atoms. The summed E-state index contributed by atoms with van der Waals surface area (Å²) in [5, 5.41) is 29.0. The van der Waals surface area contributed by atoms with Crippen molar-refractivity contribution in [2.75, 3.05) is 18.7 Å². The van der Waals surface area contributed by atoms with E-state index in [0.29, 0.717) is 0 Å². The van der Waals surface area contributed by atoms with Gasteiger partial charge in [0, 0.05) is 6.20 Å². The van der Waals surface area contributed by atoms with Gasteiger partial charge in [0.1, 0.15) is 24.9 Å². The van der Waals surface area contributed by atoms with E-state index in [-0.39, 0.29) is 19.0 Å². The molecule has 2 rings (SSSR count). The summed E-state index contributed by atoms with van der Waals surface area (Å²) in [7, 11) is 0. The van der Waals surface area contributed by atoms with Gasteiger partial charge in [-0.3, -0.25) is 15.3 Å². The molecule has 1 aromatic heterocycles. The van der Waals surface area contributed by atoms with Gasteiger partial charge in [-0.25, -0.2) is 9.59 Å². The van der Waals surface area contributed by atoms with Crippen LogP contribution in [0.3, 0.4) is 0 Å². The second-order valence-electron chi connectivity index (χ2n) is 6.48. The van der Waals surface area contributed by atoms with Gasteiger partial charge in [0.05, 0.1) is 6.61 Å². The van der Waals surface area contributed by atoms with Crippen LogP contribution in [0.4, 0.5) is 10.6 Å². The van der Waals surface area contributed by atoms with Crippen LogP contribution in [-0.2, 0) is 14.2 Å². The molecule has 1 saturated heterocycles. The van der Waals surface area contributed by atoms with Gasteiger partial charge < -0.3 is 24.4 Å². The first kappa shape index (κ1) is 22.1. The van der Waals surface area contributed by atoms with E-state index in [1.54, 1.807) is 5.48 Å². The Morgan fingerprint density at radius 3 is 2.68 bits per heavy atom. The standard InChI is InChI=1S/C17H27N3O8/c1-2-3-4-5-6-9-26-17(24)27-10-11-13(21)14(22)15(28-11)20-8-7-12(19-25)18-16(20)23/h7-8,11,13-15,21-22,25H,2-6,9-10H2,1H3,(H,18,19,23)/t11-,13-,14-,15-/m1/s1. The van der Waals surface area contributed by atoms with Crippen LogP contribution in [0, 0.1) is 0 Å². The second kappa shape index (κ2) is 11.0. The predicted molar refractivity (Wildman–Crippen MR) is 95.9 cm³/mol. The lowest BCUT2D eigenvalue weighted by atomic mass is 10.1. The van der Waals surface area contributed by atoms with E-state index in [1.165, 1.54) is 12.3 Å². The van der Waals surface area contributed by atoms with Crippen molar-refractivity contribution < 1.29 is 34.4 Å². The summed E-state index contributed by atoms with van der Waals surface area (Å²) in [4.78, 5) is 27.1. The largest absolute Gasteiger partial charge is 0.508 e. The number of carbonyl (C=O) groups excluding carboxylic acids is 1. The lowest BCUT2D eigenvalue weighted by Crippen LogP contribution is -2.36. The minimum Gasteiger partial charge on any atom is -0.434 e. The van der Waals surface area contributed by atoms with Gasteiger partial charge in [-0.05, 0) is 12.5 Å². The van der Waals surface area contributed by atoms with E-state index >= 15 is 0 Å². The number of aliphatic hydroxyl groups excluding tert-OH is 2. The van der Waals surface area contributed by atoms with Crippen LogP contribution in [-0.4, -0.2) is 62.7 Å². The molecule has 11 nitrogen and oxygen atoms in total. The maximum absolute atomic E-state index is 11.9. The molecule has 11 heteroatoms. The number of aliphatic hydroxyl groups is 2. The molecule has 4 atom stereocenters. The number of anilines is 1. The number of unbranched alkanes of at least 4 members (excludes halogenated alkanes) is 4. The van der Waals surface area contributed by atoms with Crippen molar-refractivity contribution >= 4 is 12.0 Å². The summed E-state index contributed by atoms with van der Waals surface area (Å²) in [5.74, 6) is -0.0772. The number of hydrogen-bond acceptors (Lipinski definition) is 10. The molecule has 1 aliphatic heterocycles. The summed E-state index contributed by atoms with van der Waals surface area (Å²) in [6, 6.07) is 1.28. The molecule has 0 aromatic carbocycles. The number of ether oxygens (including phenoxy) is 3. The Bertz CT molecular complexity index is 683. The number of nitrogens with one attached hydrogen (secondary N) is 1. The monoisotopic (exact) mass is 401 g/mol. The van der Waals surface area contributed by atoms with Crippen molar-refractivity contribution in [1.29, 1.82) is 0 Å². The number of aromatic nitrogens is 2. The summed E-state index contributed by atoms with van der Waals surface area (Å²) < 4.78 is 16.3. The van der Waals surface area contributed by atoms with Gasteiger partial charge >= 0.3 is 11.8 Å². The fraction of sp³-hybridized carbons (Fsp3) is 0.706. The first-order valence-corrected chi connectivity index (χ1v) is 9.28. The molecular formula is C17H27N3O8. The zero-order valence-electron chi connectivity index (χ0n) is 15.7. The Morgan fingerprint density at radius 2 is 2.00 bits per heavy atom. The first-order valence-electron chi connectivity index (χ1n) is 9.28. The van der Waals surface area contributed by atoms with Gasteiger partial charge in [0.2, 0.25) is 0 Å². The maximum atomic E-state index is 11.9. The third-order valence-corrected chi connectivity index (χ3v) is 4.39. The number of hydrogen-bond donors (Lipinski definition) is 4. The minimum absolute atomic E-state index is 0.0772. The summed E-state index contributed by atoms with van der Waals surface area (Å²) >= 11 is 0. The summed E-state index contributed by atoms with van der Waals surface area (Å²) in [6.45, 7) is 2.01. The van der Waals surface area contributed by atoms with E-state index in [2.05, 4.69) is 11.9 Å². The molecule has 158 valence electrons. The highest BCUT2D eigenvalue weighted by Gasteiger charge is 2.44. The number of rotatable bonds is 10. The lowest BCUT2D eigenvalue weighted by molar-refractivity contribution is -0.0642. The molecule has 1 aliphatic rings. The molecule has 0 spiro atoms. The topological polar surface area (TPSA) is 152 Å². The van der Waals surface area contributed by atoms with Crippen molar-refractivity contribution in [1.82, 2.24) is 9.55 Å². The van der Waals surface area contributed by atoms with E-state index in [0.717, 1.165) is 36.7 Å². The molecule has 0 aliphatic carbocycles. The molecule has 0 bridgehead atoms. The average molecular weight is 401 g/mol. The normalized spacial score (nSPS) is 24.1. The molecule has 0 radical (unpaired) electrons. The first-order chi connectivity index (χ1) is 13.5. The van der Waals surface area contributed by atoms with E-state index < -0.39 is 36.4 Å². The predicted octanol–water partition coefficient (Wildman–Crippen LogP) is 0.787. The van der Waals surface area contributed by atoms with Crippen molar-refractivity contribution in [3.8, 4) is 0 Å². The van der Waals surface area contributed by atoms with Gasteiger partial charge in [-0.15, -0.1) is 0 Å². The Hall–Kier alpha value is -2.21. The zero-order chi connectivity index (χ0) is 20.5. The quantitative estimate of drug-likeness (QED) is 0.251. The van der Waals surface area contributed by atoms with Crippen molar-refractivity contribution in [3.05, 3.63) is 22.7 Å². The molecular weight excluding hydrogens is 374 g/mol. The SMILES string of the molecule is CCCCCCCOC(=O)OC[C@H]1O[C@@H](n2ccc(NO)nc2=O)[C@H](O)[C@@H]1O. The third kappa shape index (κ3) is 5.89. The molecule has 1 aromatic rings. The Kier molecular flexibility index (Phi) is 8.64. The van der Waals surface area contributed by atoms with Crippen LogP contribution in [0.5, 0.6) is 0 Å². The average Bonchev–Trinajstić information content (AvgIpc) is 2.97. The lowest BCUT2D eigenvalue weighted by Gasteiger charge is -2.17. The van der Waals surface area contributed by atoms with Crippen LogP contribution in [0.25, 0.3) is 0 Å². The highest BCUT2D eigenvalue weighted by atomic mass is 16.7. The maximum Gasteiger partial charge on any atom is 0.508 e. The van der Waals surface area contributed by atoms with Crippen molar-refractivity contribution in [3.63, 3.8) is 0 Å². The Balaban J connectivity index is 1.81. The highest BCUT2D eigenvalue weighted by Crippen LogP contribution is 2.28. The van der Waals surface area contributed by atoms with E-state index in [9.17, 15) is 19.8 Å². The van der Waals surface area contributed by atoms with Crippen LogP contribution in [0.15, 0.2) is 17.1 Å². The zero-order valence-corrected chi connectivity index (χ0v) is 15.7. The molecule has 1 fully saturated rings. The fourth-order valence-electron chi connectivity index (χ4n) is 2.82. The van der Waals surface area contributed by atoms with E-state index in [4.69, 9.17) is 19.4 Å². The highest BCUT2D eigenvalue weighted by molar-refractivity contribution is 5.59. The molecule has 2 heterocycles. The summed E-state index contributed by atoms with van der Waals surface area (Å²) in [6.07, 6.45) is 0.342. The molecule has 0 unspecified atom stereocenters. The molecule has 4 N–H and O–H groups in total. The Labute approximate surface area is 161 Å². The van der Waals surface area contributed by atoms with Crippen LogP contribution in [0.2, 0.25) is 0 Å². The van der Waals surface area contributed by atoms with Gasteiger partial charge in [-0.2, -0.15) is 4.98 Å². The van der Waals surface area contributed by atoms with Gasteiger partial charge in [0.25, 0.3) is 0 Å². The number of nitrogens with zero attached hydrogens (tertiary/aromatic N) is 2. The summed E-state index contributed by atoms with van der Waals surface area (Å²) in [5.41, 5.74) is 0.923. The van der Waals surface area contributed by atoms with Crippen LogP contribution >= 0.6 is 0 Å². The van der Waals surface area contributed by atoms with Crippen LogP contribution < -0.4 is 11.2 Å². The molecule has 0 amide bonds. The fourth-order valence-corrected chi connectivity index (χ4v) is 2.82. The van der Waals surface area contributed by atoms with Crippen molar-refractivity contribution in [2.45, 2.75) is 63.6 Å². The van der Waals surface area contributed by atoms with E-state index in [1.807, 2.05) is 0 Å². The minimum atomic E-state index is -1.43. The smallest absolute Gasteiger partial charge is 0.434 e. The van der Waals surface area contributed by atoms with Gasteiger partial charge in [-0.1, -0.05) is 32.6 Å². The molecule has 0 saturated carbocycles. The Morgan fingerprint density at radius 1 is 1.25 bits per heavy atom. The van der Waals surface area contributed by atoms with Crippen LogP contribution in [0.1, 0.15) is 45.3 Å². The third-order valence-electron chi connectivity index (χ3n) is 4.39. The van der Waals surface area contributed by atoms with Crippen molar-refractivity contribution in [2.24, 2.45) is 0 Å². The second-order valence-corrected chi connectivity index (χ2v) is 6.48. The van der Waals surface area contributed by atoms with Gasteiger partial charge in [0.15, 0.2) is 12.0 Å². The number of carbonyl (C=O) groups is 1.